The van der Waals surface area contributed by atoms with Crippen LogP contribution in [0.1, 0.15) is 11.1 Å². The summed E-state index contributed by atoms with van der Waals surface area (Å²) in [6.07, 6.45) is 1.46. The van der Waals surface area contributed by atoms with Gasteiger partial charge in [-0.3, -0.25) is 24.6 Å². The average Bonchev–Trinajstić information content (AvgIpc) is 2.98. The Morgan fingerprint density at radius 2 is 1.93 bits per heavy atom. The van der Waals surface area contributed by atoms with E-state index >= 15 is 0 Å². The lowest BCUT2D eigenvalue weighted by Crippen LogP contribution is -2.31. The van der Waals surface area contributed by atoms with Gasteiger partial charge in [0.25, 0.3) is 11.1 Å². The first-order chi connectivity index (χ1) is 14.0. The quantitative estimate of drug-likeness (QED) is 0.367. The van der Waals surface area contributed by atoms with Crippen LogP contribution in [0.15, 0.2) is 53.4 Å². The summed E-state index contributed by atoms with van der Waals surface area (Å²) in [7, 11) is 1.48. The lowest BCUT2D eigenvalue weighted by molar-refractivity contribution is -0.386. The number of nitrogens with zero attached hydrogens (tertiary/aromatic N) is 2. The summed E-state index contributed by atoms with van der Waals surface area (Å²) >= 11 is 0.795. The third-order valence-electron chi connectivity index (χ3n) is 4.11. The molecule has 1 aliphatic heterocycles. The van der Waals surface area contributed by atoms with Gasteiger partial charge in [0, 0.05) is 13.2 Å². The highest BCUT2D eigenvalue weighted by atomic mass is 32.2. The molecule has 0 bridgehead atoms. The van der Waals surface area contributed by atoms with Crippen LogP contribution >= 0.6 is 11.8 Å². The van der Waals surface area contributed by atoms with Crippen LogP contribution in [-0.2, 0) is 16.1 Å². The zero-order valence-corrected chi connectivity index (χ0v) is 16.4. The molecule has 2 amide bonds. The van der Waals surface area contributed by atoms with Gasteiger partial charge in [-0.05, 0) is 35.0 Å². The topological polar surface area (TPSA) is 99.0 Å². The Kier molecular flexibility index (Phi) is 6.63. The minimum atomic E-state index is -0.540. The lowest BCUT2D eigenvalue weighted by atomic mass is 10.1. The second kappa shape index (κ2) is 9.35. The number of hydrogen-bond acceptors (Lipinski definition) is 7. The molecule has 150 valence electrons. The highest BCUT2D eigenvalue weighted by Crippen LogP contribution is 2.34. The summed E-state index contributed by atoms with van der Waals surface area (Å²) in [5.74, 6) is -0.312. The summed E-state index contributed by atoms with van der Waals surface area (Å²) < 4.78 is 10.5. The molecule has 1 aliphatic rings. The molecule has 0 radical (unpaired) electrons. The number of amides is 2. The molecule has 1 heterocycles. The number of thioether (sulfide) groups is 1. The maximum absolute atomic E-state index is 12.4. The molecule has 29 heavy (non-hydrogen) atoms. The molecular formula is C20H18N2O6S. The highest BCUT2D eigenvalue weighted by molar-refractivity contribution is 8.18. The molecule has 2 aromatic rings. The summed E-state index contributed by atoms with van der Waals surface area (Å²) in [5.41, 5.74) is 1.10. The number of carbonyl (C=O) groups is 2. The fraction of sp³-hybridized carbons (Fsp3) is 0.200. The van der Waals surface area contributed by atoms with Gasteiger partial charge < -0.3 is 9.47 Å². The molecule has 0 spiro atoms. The zero-order chi connectivity index (χ0) is 20.8. The van der Waals surface area contributed by atoms with Crippen molar-refractivity contribution < 1.29 is 24.0 Å². The fourth-order valence-corrected chi connectivity index (χ4v) is 3.52. The van der Waals surface area contributed by atoms with Crippen molar-refractivity contribution in [1.29, 1.82) is 0 Å². The molecule has 8 nitrogen and oxygen atoms in total. The third kappa shape index (κ3) is 5.01. The van der Waals surface area contributed by atoms with E-state index in [1.54, 1.807) is 6.07 Å². The molecule has 1 fully saturated rings. The predicted octanol–water partition coefficient (Wildman–Crippen LogP) is 3.86. The van der Waals surface area contributed by atoms with Gasteiger partial charge >= 0.3 is 5.69 Å². The number of rotatable bonds is 8. The Balaban J connectivity index is 1.79. The molecule has 0 aliphatic carbocycles. The minimum Gasteiger partial charge on any atom is -0.482 e. The standard InChI is InChI=1S/C20H18N2O6S/c1-27-10-9-21-19(23)18(29-20(21)24)12-15-7-8-17(16(11-15)22(25)26)28-13-14-5-3-2-4-6-14/h2-8,11-12H,9-10,13H2,1H3/b18-12+. The number of benzene rings is 2. The van der Waals surface area contributed by atoms with Crippen LogP contribution in [0.2, 0.25) is 0 Å². The van der Waals surface area contributed by atoms with Crippen LogP contribution < -0.4 is 4.74 Å². The van der Waals surface area contributed by atoms with Gasteiger partial charge in [0.05, 0.1) is 23.0 Å². The molecule has 3 rings (SSSR count). The van der Waals surface area contributed by atoms with E-state index in [-0.39, 0.29) is 36.1 Å². The van der Waals surface area contributed by atoms with Crippen molar-refractivity contribution in [2.75, 3.05) is 20.3 Å². The van der Waals surface area contributed by atoms with Gasteiger partial charge in [0.1, 0.15) is 6.61 Å². The van der Waals surface area contributed by atoms with Gasteiger partial charge in [-0.15, -0.1) is 0 Å². The molecule has 2 aromatic carbocycles. The van der Waals surface area contributed by atoms with E-state index < -0.39 is 16.1 Å². The van der Waals surface area contributed by atoms with Crippen molar-refractivity contribution in [3.05, 3.63) is 74.7 Å². The van der Waals surface area contributed by atoms with E-state index in [1.807, 2.05) is 30.3 Å². The maximum Gasteiger partial charge on any atom is 0.311 e. The smallest absolute Gasteiger partial charge is 0.311 e. The monoisotopic (exact) mass is 414 g/mol. The Morgan fingerprint density at radius 1 is 1.17 bits per heavy atom. The summed E-state index contributed by atoms with van der Waals surface area (Å²) in [4.78, 5) is 36.6. The Hall–Kier alpha value is -3.17. The summed E-state index contributed by atoms with van der Waals surface area (Å²) in [6, 6.07) is 13.7. The van der Waals surface area contributed by atoms with Crippen LogP contribution in [0.3, 0.4) is 0 Å². The van der Waals surface area contributed by atoms with E-state index in [2.05, 4.69) is 0 Å². The van der Waals surface area contributed by atoms with Gasteiger partial charge in [-0.1, -0.05) is 36.4 Å². The van der Waals surface area contributed by atoms with Crippen LogP contribution in [-0.4, -0.2) is 41.2 Å². The number of methoxy groups -OCH3 is 1. The van der Waals surface area contributed by atoms with Crippen molar-refractivity contribution in [3.63, 3.8) is 0 Å². The predicted molar refractivity (Wildman–Crippen MR) is 108 cm³/mol. The molecule has 0 saturated carbocycles. The second-order valence-electron chi connectivity index (χ2n) is 6.08. The van der Waals surface area contributed by atoms with E-state index in [1.165, 1.54) is 25.3 Å². The minimum absolute atomic E-state index is 0.129. The van der Waals surface area contributed by atoms with Crippen molar-refractivity contribution in [1.82, 2.24) is 4.90 Å². The highest BCUT2D eigenvalue weighted by Gasteiger charge is 2.34. The van der Waals surface area contributed by atoms with E-state index in [0.29, 0.717) is 5.56 Å². The molecule has 0 N–H and O–H groups in total. The van der Waals surface area contributed by atoms with Crippen molar-refractivity contribution >= 4 is 34.7 Å². The number of ether oxygens (including phenoxy) is 2. The molecule has 9 heteroatoms. The lowest BCUT2D eigenvalue weighted by Gasteiger charge is -2.10. The molecule has 0 aromatic heterocycles. The third-order valence-corrected chi connectivity index (χ3v) is 5.01. The average molecular weight is 414 g/mol. The Labute approximate surface area is 171 Å². The number of imide groups is 1. The van der Waals surface area contributed by atoms with Crippen LogP contribution in [0.25, 0.3) is 6.08 Å². The van der Waals surface area contributed by atoms with Crippen molar-refractivity contribution in [2.45, 2.75) is 6.61 Å². The van der Waals surface area contributed by atoms with Crippen LogP contribution in [0.4, 0.5) is 10.5 Å². The van der Waals surface area contributed by atoms with Crippen LogP contribution in [0, 0.1) is 10.1 Å². The fourth-order valence-electron chi connectivity index (χ4n) is 2.65. The number of nitro groups is 1. The second-order valence-corrected chi connectivity index (χ2v) is 7.08. The first-order valence-corrected chi connectivity index (χ1v) is 9.50. The number of hydrogen-bond donors (Lipinski definition) is 0. The normalized spacial score (nSPS) is 15.2. The Morgan fingerprint density at radius 3 is 2.62 bits per heavy atom. The first kappa shape index (κ1) is 20.6. The zero-order valence-electron chi connectivity index (χ0n) is 15.6. The number of nitro benzene ring substituents is 1. The SMILES string of the molecule is COCCN1C(=O)S/C(=C/c2ccc(OCc3ccccc3)c([N+](=O)[O-])c2)C1=O. The molecule has 0 atom stereocenters. The largest absolute Gasteiger partial charge is 0.482 e. The van der Waals surface area contributed by atoms with Gasteiger partial charge in [0.2, 0.25) is 0 Å². The van der Waals surface area contributed by atoms with Gasteiger partial charge in [-0.2, -0.15) is 0 Å². The van der Waals surface area contributed by atoms with Crippen molar-refractivity contribution in [3.8, 4) is 5.75 Å². The number of carbonyl (C=O) groups excluding carboxylic acids is 2. The molecular weight excluding hydrogens is 396 g/mol. The van der Waals surface area contributed by atoms with Crippen LogP contribution in [0.5, 0.6) is 5.75 Å². The van der Waals surface area contributed by atoms with E-state index in [9.17, 15) is 19.7 Å². The maximum atomic E-state index is 12.4. The Bertz CT molecular complexity index is 961. The van der Waals surface area contributed by atoms with E-state index in [0.717, 1.165) is 22.2 Å². The first-order valence-electron chi connectivity index (χ1n) is 8.69. The van der Waals surface area contributed by atoms with Gasteiger partial charge in [0.15, 0.2) is 5.75 Å². The van der Waals surface area contributed by atoms with Gasteiger partial charge in [-0.25, -0.2) is 0 Å². The molecule has 1 saturated heterocycles. The summed E-state index contributed by atoms with van der Waals surface area (Å²) in [5, 5.41) is 11.1. The molecule has 0 unspecified atom stereocenters. The van der Waals surface area contributed by atoms with E-state index in [4.69, 9.17) is 9.47 Å². The van der Waals surface area contributed by atoms with Crippen molar-refractivity contribution in [2.24, 2.45) is 0 Å². The summed E-state index contributed by atoms with van der Waals surface area (Å²) in [6.45, 7) is 0.592.